The second-order valence-electron chi connectivity index (χ2n) is 8.53. The lowest BCUT2D eigenvalue weighted by atomic mass is 10.1. The van der Waals surface area contributed by atoms with Crippen molar-refractivity contribution in [3.05, 3.63) is 64.7 Å². The number of nitrogens with one attached hydrogen (secondary N) is 1. The maximum Gasteiger partial charge on any atom is 0.240 e. The Morgan fingerprint density at radius 1 is 0.879 bits per heavy atom. The van der Waals surface area contributed by atoms with Gasteiger partial charge in [-0.25, -0.2) is 5.43 Å². The van der Waals surface area contributed by atoms with Crippen LogP contribution in [0.15, 0.2) is 53.6 Å². The Hall–Kier alpha value is -2.33. The van der Waals surface area contributed by atoms with Gasteiger partial charge in [0.05, 0.1) is 6.21 Å². The van der Waals surface area contributed by atoms with Gasteiger partial charge in [-0.1, -0.05) is 107 Å². The molecule has 4 nitrogen and oxygen atoms in total. The Balaban J connectivity index is 1.58. The number of carbonyl (C=O) groups excluding carboxylic acids is 1. The second kappa shape index (κ2) is 17.2. The molecule has 2 aromatic carbocycles. The van der Waals surface area contributed by atoms with Crippen LogP contribution in [0.2, 0.25) is 5.02 Å². The summed E-state index contributed by atoms with van der Waals surface area (Å²) in [6, 6.07) is 15.2. The lowest BCUT2D eigenvalue weighted by Crippen LogP contribution is -2.17. The first-order valence-corrected chi connectivity index (χ1v) is 12.8. The van der Waals surface area contributed by atoms with Gasteiger partial charge in [-0.3, -0.25) is 4.79 Å². The number of nitrogens with zero attached hydrogens (tertiary/aromatic N) is 1. The molecule has 1 amide bonds. The number of rotatable bonds is 17. The van der Waals surface area contributed by atoms with Crippen molar-refractivity contribution in [2.45, 2.75) is 90.6 Å². The minimum atomic E-state index is -0.0401. The number of hydrogen-bond donors (Lipinski definition) is 1. The van der Waals surface area contributed by atoms with E-state index in [2.05, 4.69) is 17.5 Å². The van der Waals surface area contributed by atoms with E-state index in [1.165, 1.54) is 57.8 Å². The van der Waals surface area contributed by atoms with E-state index < -0.39 is 0 Å². The molecule has 0 heterocycles. The standard InChI is InChI=1S/C28H39ClN2O2/c1-2-3-4-5-6-7-8-9-10-11-12-17-28(32)31-30-22-25-15-13-14-16-27(25)33-23-24-18-20-26(29)21-19-24/h13-16,18-22H,2-12,17,23H2,1H3,(H,31,32)/b30-22+. The maximum atomic E-state index is 12.0. The van der Waals surface area contributed by atoms with Crippen molar-refractivity contribution < 1.29 is 9.53 Å². The highest BCUT2D eigenvalue weighted by atomic mass is 35.5. The van der Waals surface area contributed by atoms with Crippen LogP contribution in [-0.2, 0) is 11.4 Å². The molecule has 0 atom stereocenters. The molecule has 0 aliphatic heterocycles. The molecule has 0 aromatic heterocycles. The zero-order valence-corrected chi connectivity index (χ0v) is 20.8. The van der Waals surface area contributed by atoms with Crippen molar-refractivity contribution in [2.75, 3.05) is 0 Å². The van der Waals surface area contributed by atoms with Gasteiger partial charge in [0.15, 0.2) is 0 Å². The van der Waals surface area contributed by atoms with E-state index in [1.807, 2.05) is 48.5 Å². The Kier molecular flexibility index (Phi) is 14.0. The first kappa shape index (κ1) is 26.9. The molecule has 5 heteroatoms. The van der Waals surface area contributed by atoms with E-state index in [-0.39, 0.29) is 5.91 Å². The summed E-state index contributed by atoms with van der Waals surface area (Å²) in [7, 11) is 0. The van der Waals surface area contributed by atoms with Crippen molar-refractivity contribution in [3.8, 4) is 5.75 Å². The smallest absolute Gasteiger partial charge is 0.240 e. The predicted molar refractivity (Wildman–Crippen MR) is 139 cm³/mol. The van der Waals surface area contributed by atoms with E-state index in [1.54, 1.807) is 6.21 Å². The molecule has 33 heavy (non-hydrogen) atoms. The molecular formula is C28H39ClN2O2. The van der Waals surface area contributed by atoms with E-state index in [9.17, 15) is 4.79 Å². The lowest BCUT2D eigenvalue weighted by molar-refractivity contribution is -0.121. The summed E-state index contributed by atoms with van der Waals surface area (Å²) in [6.45, 7) is 2.69. The van der Waals surface area contributed by atoms with Crippen LogP contribution < -0.4 is 10.2 Å². The van der Waals surface area contributed by atoms with E-state index in [0.717, 1.165) is 29.7 Å². The highest BCUT2D eigenvalue weighted by molar-refractivity contribution is 6.30. The van der Waals surface area contributed by atoms with Crippen LogP contribution in [-0.4, -0.2) is 12.1 Å². The molecule has 0 spiro atoms. The van der Waals surface area contributed by atoms with Gasteiger partial charge < -0.3 is 4.74 Å². The number of unbranched alkanes of at least 4 members (excludes halogenated alkanes) is 10. The highest BCUT2D eigenvalue weighted by Crippen LogP contribution is 2.18. The average molecular weight is 471 g/mol. The number of para-hydroxylation sites is 1. The van der Waals surface area contributed by atoms with Crippen LogP contribution in [0.4, 0.5) is 0 Å². The minimum absolute atomic E-state index is 0.0401. The van der Waals surface area contributed by atoms with Gasteiger partial charge in [0.2, 0.25) is 5.91 Å². The predicted octanol–water partition coefficient (Wildman–Crippen LogP) is 8.07. The van der Waals surface area contributed by atoms with Gasteiger partial charge in [0, 0.05) is 17.0 Å². The summed E-state index contributed by atoms with van der Waals surface area (Å²) in [6.07, 6.45) is 16.2. The fourth-order valence-corrected chi connectivity index (χ4v) is 3.77. The molecule has 180 valence electrons. The van der Waals surface area contributed by atoms with Gasteiger partial charge >= 0.3 is 0 Å². The summed E-state index contributed by atoms with van der Waals surface area (Å²) in [5.41, 5.74) is 4.49. The van der Waals surface area contributed by atoms with Crippen molar-refractivity contribution >= 4 is 23.7 Å². The number of carbonyl (C=O) groups is 1. The third-order valence-electron chi connectivity index (χ3n) is 5.63. The minimum Gasteiger partial charge on any atom is -0.488 e. The maximum absolute atomic E-state index is 12.0. The van der Waals surface area contributed by atoms with Gasteiger partial charge in [-0.15, -0.1) is 0 Å². The first-order chi connectivity index (χ1) is 16.2. The number of hydrogen-bond acceptors (Lipinski definition) is 3. The van der Waals surface area contributed by atoms with Crippen LogP contribution >= 0.6 is 11.6 Å². The van der Waals surface area contributed by atoms with Crippen LogP contribution in [0.5, 0.6) is 5.75 Å². The summed E-state index contributed by atoms with van der Waals surface area (Å²) in [5, 5.41) is 4.82. The Labute approximate surface area is 204 Å². The van der Waals surface area contributed by atoms with Gasteiger partial charge in [0.25, 0.3) is 0 Å². The molecule has 1 N–H and O–H groups in total. The molecule has 0 saturated heterocycles. The molecule has 2 aromatic rings. The number of halogens is 1. The topological polar surface area (TPSA) is 50.7 Å². The van der Waals surface area contributed by atoms with Gasteiger partial charge in [-0.05, 0) is 36.2 Å². The van der Waals surface area contributed by atoms with Crippen molar-refractivity contribution in [1.29, 1.82) is 0 Å². The number of hydrazone groups is 1. The van der Waals surface area contributed by atoms with Crippen molar-refractivity contribution in [1.82, 2.24) is 5.43 Å². The van der Waals surface area contributed by atoms with Crippen molar-refractivity contribution in [3.63, 3.8) is 0 Å². The third-order valence-corrected chi connectivity index (χ3v) is 5.88. The Morgan fingerprint density at radius 3 is 2.15 bits per heavy atom. The SMILES string of the molecule is CCCCCCCCCCCCCC(=O)N/N=C/c1ccccc1OCc1ccc(Cl)cc1. The normalized spacial score (nSPS) is 11.1. The van der Waals surface area contributed by atoms with Crippen LogP contribution in [0.1, 0.15) is 95.1 Å². The molecule has 0 fully saturated rings. The summed E-state index contributed by atoms with van der Waals surface area (Å²) in [5.74, 6) is 0.678. The Bertz CT molecular complexity index is 821. The zero-order chi connectivity index (χ0) is 23.6. The average Bonchev–Trinajstić information content (AvgIpc) is 2.83. The molecular weight excluding hydrogens is 432 g/mol. The van der Waals surface area contributed by atoms with Crippen LogP contribution in [0, 0.1) is 0 Å². The fourth-order valence-electron chi connectivity index (χ4n) is 3.64. The first-order valence-electron chi connectivity index (χ1n) is 12.5. The summed E-state index contributed by atoms with van der Waals surface area (Å²) in [4.78, 5) is 12.0. The molecule has 0 saturated carbocycles. The fraction of sp³-hybridized carbons (Fsp3) is 0.500. The molecule has 0 radical (unpaired) electrons. The third kappa shape index (κ3) is 12.5. The van der Waals surface area contributed by atoms with E-state index in [0.29, 0.717) is 18.1 Å². The largest absolute Gasteiger partial charge is 0.488 e. The summed E-state index contributed by atoms with van der Waals surface area (Å²) >= 11 is 5.93. The van der Waals surface area contributed by atoms with Gasteiger partial charge in [-0.2, -0.15) is 5.10 Å². The van der Waals surface area contributed by atoms with Crippen LogP contribution in [0.3, 0.4) is 0 Å². The number of benzene rings is 2. The van der Waals surface area contributed by atoms with Gasteiger partial charge in [0.1, 0.15) is 12.4 Å². The quantitative estimate of drug-likeness (QED) is 0.144. The molecule has 0 aliphatic rings. The lowest BCUT2D eigenvalue weighted by Gasteiger charge is -2.09. The summed E-state index contributed by atoms with van der Waals surface area (Å²) < 4.78 is 5.92. The highest BCUT2D eigenvalue weighted by Gasteiger charge is 2.03. The second-order valence-corrected chi connectivity index (χ2v) is 8.97. The van der Waals surface area contributed by atoms with E-state index in [4.69, 9.17) is 16.3 Å². The molecule has 2 rings (SSSR count). The number of ether oxygens (including phenoxy) is 1. The molecule has 0 aliphatic carbocycles. The van der Waals surface area contributed by atoms with Crippen LogP contribution in [0.25, 0.3) is 0 Å². The monoisotopic (exact) mass is 470 g/mol. The molecule has 0 bridgehead atoms. The Morgan fingerprint density at radius 2 is 1.48 bits per heavy atom. The van der Waals surface area contributed by atoms with Crippen molar-refractivity contribution in [2.24, 2.45) is 5.10 Å². The van der Waals surface area contributed by atoms with E-state index >= 15 is 0 Å². The molecule has 0 unspecified atom stereocenters. The number of amides is 1. The zero-order valence-electron chi connectivity index (χ0n) is 20.0.